The molecule has 0 nitrogen and oxygen atoms in total. The molecule has 0 aromatic heterocycles. The molecule has 144 valence electrons. The normalized spacial score (nSPS) is 10.7. The molecule has 0 unspecified atom stereocenters. The second-order valence-corrected chi connectivity index (χ2v) is 11.3. The van der Waals surface area contributed by atoms with Crippen LogP contribution in [0.15, 0.2) is 121 Å². The summed E-state index contributed by atoms with van der Waals surface area (Å²) in [6.07, 6.45) is 2.41. The van der Waals surface area contributed by atoms with E-state index >= 15 is 0 Å². The molecule has 0 N–H and O–H groups in total. The van der Waals surface area contributed by atoms with Gasteiger partial charge in [0.2, 0.25) is 0 Å². The molecule has 0 bridgehead atoms. The van der Waals surface area contributed by atoms with Crippen LogP contribution in [0.2, 0.25) is 0 Å². The van der Waals surface area contributed by atoms with Gasteiger partial charge in [-0.15, -0.1) is 0 Å². The van der Waals surface area contributed by atoms with Gasteiger partial charge in [0.05, 0.1) is 0 Å². The zero-order chi connectivity index (χ0) is 19.0. The third-order valence-electron chi connectivity index (χ3n) is 4.82. The number of hydrogen-bond donors (Lipinski definition) is 0. The van der Waals surface area contributed by atoms with Crippen molar-refractivity contribution in [2.45, 2.75) is 0 Å². The van der Waals surface area contributed by atoms with E-state index < -0.39 is 0 Å². The first-order valence-corrected chi connectivity index (χ1v) is 12.7. The van der Waals surface area contributed by atoms with Crippen molar-refractivity contribution < 1.29 is 21.1 Å². The van der Waals surface area contributed by atoms with Crippen molar-refractivity contribution in [1.82, 2.24) is 0 Å². The molecule has 0 heterocycles. The summed E-state index contributed by atoms with van der Waals surface area (Å²) >= 11 is 0. The molecule has 4 aromatic carbocycles. The molecular weight excluding hydrogens is 470 g/mol. The Morgan fingerprint density at radius 2 is 0.552 bits per heavy atom. The molecule has 0 aliphatic heterocycles. The van der Waals surface area contributed by atoms with E-state index in [2.05, 4.69) is 121 Å². The van der Waals surface area contributed by atoms with Gasteiger partial charge in [-0.05, 0) is 49.4 Å². The SMILES string of the molecule is [Mo].c1ccc(P(CCP(c2ccccc2)c2ccccc2)c2ccccc2)cc1. The van der Waals surface area contributed by atoms with E-state index in [0.717, 1.165) is 0 Å². The third kappa shape index (κ3) is 5.96. The summed E-state index contributed by atoms with van der Waals surface area (Å²) in [5.41, 5.74) is 0. The topological polar surface area (TPSA) is 0 Å². The summed E-state index contributed by atoms with van der Waals surface area (Å²) in [5, 5.41) is 5.89. The zero-order valence-electron chi connectivity index (χ0n) is 16.3. The van der Waals surface area contributed by atoms with Crippen molar-refractivity contribution in [2.24, 2.45) is 0 Å². The summed E-state index contributed by atoms with van der Waals surface area (Å²) in [7, 11) is -0.696. The Labute approximate surface area is 191 Å². The van der Waals surface area contributed by atoms with Crippen LogP contribution in [0.4, 0.5) is 0 Å². The fraction of sp³-hybridized carbons (Fsp3) is 0.0769. The minimum Gasteiger partial charge on any atom is -0.0622 e. The van der Waals surface area contributed by atoms with Crippen molar-refractivity contribution >= 4 is 37.1 Å². The molecule has 3 heteroatoms. The van der Waals surface area contributed by atoms with Crippen LogP contribution in [0.1, 0.15) is 0 Å². The molecule has 0 aliphatic rings. The van der Waals surface area contributed by atoms with Crippen molar-refractivity contribution in [1.29, 1.82) is 0 Å². The molecule has 0 radical (unpaired) electrons. The molecular formula is C26H24MoP2. The van der Waals surface area contributed by atoms with Gasteiger partial charge in [-0.25, -0.2) is 0 Å². The third-order valence-corrected chi connectivity index (χ3v) is 10.2. The molecule has 0 saturated carbocycles. The van der Waals surface area contributed by atoms with Gasteiger partial charge in [-0.2, -0.15) is 0 Å². The average molecular weight is 494 g/mol. The van der Waals surface area contributed by atoms with E-state index in [-0.39, 0.29) is 36.9 Å². The predicted molar refractivity (Wildman–Crippen MR) is 128 cm³/mol. The van der Waals surface area contributed by atoms with Gasteiger partial charge >= 0.3 is 0 Å². The Balaban J connectivity index is 0.00000240. The van der Waals surface area contributed by atoms with Gasteiger partial charge in [-0.3, -0.25) is 0 Å². The summed E-state index contributed by atoms with van der Waals surface area (Å²) in [5.74, 6) is 0. The van der Waals surface area contributed by atoms with E-state index in [9.17, 15) is 0 Å². The van der Waals surface area contributed by atoms with Crippen molar-refractivity contribution in [3.05, 3.63) is 121 Å². The number of rotatable bonds is 7. The average Bonchev–Trinajstić information content (AvgIpc) is 2.79. The standard InChI is InChI=1S/C26H24P2.Mo/c1-5-13-23(14-6-1)27(24-15-7-2-8-16-24)21-22-28(25-17-9-3-10-18-25)26-19-11-4-12-20-26;/h1-20H,21-22H2;. The Kier molecular flexibility index (Phi) is 8.83. The summed E-state index contributed by atoms with van der Waals surface area (Å²) < 4.78 is 0. The van der Waals surface area contributed by atoms with E-state index in [4.69, 9.17) is 0 Å². The van der Waals surface area contributed by atoms with E-state index in [1.165, 1.54) is 33.5 Å². The minimum absolute atomic E-state index is 0. The van der Waals surface area contributed by atoms with Crippen LogP contribution >= 0.6 is 15.8 Å². The molecule has 0 spiro atoms. The molecule has 4 rings (SSSR count). The first-order valence-electron chi connectivity index (χ1n) is 9.67. The monoisotopic (exact) mass is 496 g/mol. The molecule has 0 atom stereocenters. The Morgan fingerprint density at radius 1 is 0.345 bits per heavy atom. The molecule has 0 fully saturated rings. The summed E-state index contributed by atoms with van der Waals surface area (Å²) in [4.78, 5) is 0. The quantitative estimate of drug-likeness (QED) is 0.243. The van der Waals surface area contributed by atoms with Crippen molar-refractivity contribution in [2.75, 3.05) is 12.3 Å². The van der Waals surface area contributed by atoms with Gasteiger partial charge in [0.25, 0.3) is 0 Å². The van der Waals surface area contributed by atoms with Crippen LogP contribution < -0.4 is 21.2 Å². The molecule has 0 saturated heterocycles. The molecule has 0 amide bonds. The fourth-order valence-corrected chi connectivity index (χ4v) is 8.80. The van der Waals surface area contributed by atoms with Crippen LogP contribution in [0, 0.1) is 0 Å². The largest absolute Gasteiger partial charge is 0.0622 e. The van der Waals surface area contributed by atoms with Crippen molar-refractivity contribution in [3.8, 4) is 0 Å². The first-order chi connectivity index (χ1) is 13.9. The maximum atomic E-state index is 2.30. The van der Waals surface area contributed by atoms with Gasteiger partial charge in [0.15, 0.2) is 0 Å². The van der Waals surface area contributed by atoms with Crippen LogP contribution in [0.5, 0.6) is 0 Å². The maximum Gasteiger partial charge on any atom is 0 e. The summed E-state index contributed by atoms with van der Waals surface area (Å²) in [6.45, 7) is 0. The van der Waals surface area contributed by atoms with E-state index in [1.807, 2.05) is 0 Å². The zero-order valence-corrected chi connectivity index (χ0v) is 20.1. The van der Waals surface area contributed by atoms with Crippen LogP contribution in [-0.2, 0) is 21.1 Å². The van der Waals surface area contributed by atoms with Crippen LogP contribution in [0.25, 0.3) is 0 Å². The van der Waals surface area contributed by atoms with Gasteiger partial charge in [-0.1, -0.05) is 121 Å². The predicted octanol–water partition coefficient (Wildman–Crippen LogP) is 5.25. The Hall–Kier alpha value is -1.57. The van der Waals surface area contributed by atoms with Crippen molar-refractivity contribution in [3.63, 3.8) is 0 Å². The van der Waals surface area contributed by atoms with Crippen LogP contribution in [0.3, 0.4) is 0 Å². The van der Waals surface area contributed by atoms with E-state index in [0.29, 0.717) is 0 Å². The number of benzene rings is 4. The van der Waals surface area contributed by atoms with Gasteiger partial charge in [0.1, 0.15) is 0 Å². The van der Waals surface area contributed by atoms with Gasteiger partial charge < -0.3 is 0 Å². The Bertz CT molecular complexity index is 798. The molecule has 0 aliphatic carbocycles. The maximum absolute atomic E-state index is 2.30. The molecule has 29 heavy (non-hydrogen) atoms. The fourth-order valence-electron chi connectivity index (χ4n) is 3.45. The minimum atomic E-state index is -0.348. The van der Waals surface area contributed by atoms with Gasteiger partial charge in [0, 0.05) is 21.1 Å². The smallest absolute Gasteiger partial charge is 0 e. The first kappa shape index (κ1) is 22.1. The Morgan fingerprint density at radius 3 is 0.759 bits per heavy atom. The molecule has 4 aromatic rings. The number of hydrogen-bond acceptors (Lipinski definition) is 0. The second kappa shape index (κ2) is 11.6. The second-order valence-electron chi connectivity index (χ2n) is 6.65. The summed E-state index contributed by atoms with van der Waals surface area (Å²) in [6, 6.07) is 44.2. The van der Waals surface area contributed by atoms with Crippen LogP contribution in [-0.4, -0.2) is 12.3 Å². The van der Waals surface area contributed by atoms with E-state index in [1.54, 1.807) is 0 Å².